The number of oxazole rings is 1. The third-order valence-corrected chi connectivity index (χ3v) is 5.62. The minimum atomic E-state index is -1.61. The molecule has 170 valence electrons. The summed E-state index contributed by atoms with van der Waals surface area (Å²) in [4.78, 5) is 26.0. The maximum Gasteiger partial charge on any atom is 1.00 e. The van der Waals surface area contributed by atoms with E-state index in [0.29, 0.717) is 53.6 Å². The quantitative estimate of drug-likeness (QED) is 0.130. The fourth-order valence-corrected chi connectivity index (χ4v) is 3.79. The average molecular weight is 512 g/mol. The van der Waals surface area contributed by atoms with Gasteiger partial charge in [-0.1, -0.05) is 36.6 Å². The van der Waals surface area contributed by atoms with Crippen molar-refractivity contribution < 1.29 is 88.1 Å². The van der Waals surface area contributed by atoms with Gasteiger partial charge in [0, 0.05) is 16.5 Å². The zero-order valence-electron chi connectivity index (χ0n) is 19.6. The van der Waals surface area contributed by atoms with Gasteiger partial charge in [-0.15, -0.1) is 0 Å². The van der Waals surface area contributed by atoms with Gasteiger partial charge in [0.15, 0.2) is 5.58 Å². The number of unbranched alkanes of at least 4 members (excludes halogenated alkanes) is 2. The Bertz CT molecular complexity index is 1310. The van der Waals surface area contributed by atoms with Crippen LogP contribution in [0.25, 0.3) is 33.3 Å². The largest absolute Gasteiger partial charge is 1.00 e. The van der Waals surface area contributed by atoms with E-state index >= 15 is 0 Å². The van der Waals surface area contributed by atoms with Gasteiger partial charge < -0.3 is 29.0 Å². The molecule has 0 fully saturated rings. The molecule has 0 spiro atoms. The zero-order chi connectivity index (χ0) is 23.4. The number of hydrogen-bond acceptors (Lipinski definition) is 7. The number of carboxylic acid groups (broad SMARTS) is 2. The van der Waals surface area contributed by atoms with Gasteiger partial charge >= 0.3 is 59.1 Å². The number of carbonyl (C=O) groups excluding carboxylic acids is 2. The van der Waals surface area contributed by atoms with Crippen molar-refractivity contribution in [1.29, 1.82) is 0 Å². The fourth-order valence-electron chi connectivity index (χ4n) is 3.62. The van der Waals surface area contributed by atoms with E-state index in [1.807, 2.05) is 36.4 Å². The van der Waals surface area contributed by atoms with Crippen molar-refractivity contribution in [3.63, 3.8) is 0 Å². The Balaban J connectivity index is 0.00000216. The molecule has 0 unspecified atom stereocenters. The molecule has 4 aromatic rings. The molecule has 4 rings (SSSR count). The van der Waals surface area contributed by atoms with Crippen molar-refractivity contribution in [3.05, 3.63) is 59.6 Å². The molecular weight excluding hydrogens is 492 g/mol. The number of nitrogens with zero attached hydrogens (tertiary/aromatic N) is 1. The van der Waals surface area contributed by atoms with Crippen LogP contribution in [0.3, 0.4) is 0 Å². The van der Waals surface area contributed by atoms with E-state index in [-0.39, 0.29) is 65.5 Å². The van der Waals surface area contributed by atoms with Gasteiger partial charge in [-0.3, -0.25) is 0 Å². The van der Waals surface area contributed by atoms with Crippen molar-refractivity contribution in [2.24, 2.45) is 5.92 Å². The third kappa shape index (κ3) is 7.70. The molecule has 35 heavy (non-hydrogen) atoms. The summed E-state index contributed by atoms with van der Waals surface area (Å²) in [5.41, 5.74) is 2.24. The van der Waals surface area contributed by atoms with Crippen LogP contribution in [-0.2, 0) is 9.59 Å². The second-order valence-electron chi connectivity index (χ2n) is 7.74. The molecule has 0 atom stereocenters. The summed E-state index contributed by atoms with van der Waals surface area (Å²) in [5.74, 6) is -3.54. The minimum Gasteiger partial charge on any atom is -0.549 e. The molecular formula is C25H20ClNNa2O6. The van der Waals surface area contributed by atoms with E-state index in [9.17, 15) is 19.8 Å². The molecule has 7 nitrogen and oxygen atoms in total. The second-order valence-corrected chi connectivity index (χ2v) is 8.18. The number of halogens is 1. The molecule has 1 aromatic heterocycles. The summed E-state index contributed by atoms with van der Waals surface area (Å²) in [6.07, 6.45) is 1.75. The summed E-state index contributed by atoms with van der Waals surface area (Å²) in [6.45, 7) is 0.441. The molecule has 0 bridgehead atoms. The summed E-state index contributed by atoms with van der Waals surface area (Å²) in [6, 6.07) is 17.0. The van der Waals surface area contributed by atoms with Crippen molar-refractivity contribution >= 4 is 45.4 Å². The third-order valence-electron chi connectivity index (χ3n) is 5.38. The standard InChI is InChI=1S/C25H22ClNO6.2Na/c26-18-8-10-22-21(14-18)27-23(33-22)17-6-5-16-13-19(9-7-15(16)12-17)32-11-3-1-2-4-20(24(28)29)25(30)31;;/h5-10,12-14,20H,1-4,11H2,(H,28,29)(H,30,31);;/q;2*+1/p-2. The fraction of sp³-hybridized carbons (Fsp3) is 0.240. The number of carboxylic acids is 2. The Morgan fingerprint density at radius 1 is 0.914 bits per heavy atom. The van der Waals surface area contributed by atoms with E-state index < -0.39 is 17.9 Å². The number of carbonyl (C=O) groups is 2. The number of fused-ring (bicyclic) bond motifs is 2. The summed E-state index contributed by atoms with van der Waals surface area (Å²) >= 11 is 6.02. The molecule has 0 saturated carbocycles. The molecule has 3 aromatic carbocycles. The monoisotopic (exact) mass is 511 g/mol. The number of aromatic nitrogens is 1. The first kappa shape index (κ1) is 29.6. The maximum atomic E-state index is 10.7. The number of ether oxygens (including phenoxy) is 1. The molecule has 0 saturated heterocycles. The van der Waals surface area contributed by atoms with Gasteiger partial charge in [-0.2, -0.15) is 0 Å². The van der Waals surface area contributed by atoms with Crippen LogP contribution in [0.2, 0.25) is 5.02 Å². The first-order chi connectivity index (χ1) is 15.9. The van der Waals surface area contributed by atoms with Gasteiger partial charge in [-0.05, 0) is 66.1 Å². The molecule has 10 heteroatoms. The number of aliphatic carboxylic acids is 2. The molecule has 0 amide bonds. The number of hydrogen-bond donors (Lipinski definition) is 0. The Kier molecular flexibility index (Phi) is 11.6. The van der Waals surface area contributed by atoms with Crippen molar-refractivity contribution in [2.45, 2.75) is 25.7 Å². The normalized spacial score (nSPS) is 10.7. The van der Waals surface area contributed by atoms with Crippen molar-refractivity contribution in [3.8, 4) is 17.2 Å². The predicted octanol–water partition coefficient (Wildman–Crippen LogP) is -2.64. The Morgan fingerprint density at radius 3 is 2.37 bits per heavy atom. The van der Waals surface area contributed by atoms with Gasteiger partial charge in [-0.25, -0.2) is 4.98 Å². The smallest absolute Gasteiger partial charge is 0.549 e. The van der Waals surface area contributed by atoms with Gasteiger partial charge in [0.05, 0.1) is 18.5 Å². The van der Waals surface area contributed by atoms with Crippen LogP contribution < -0.4 is 74.1 Å². The molecule has 0 aliphatic carbocycles. The number of benzene rings is 3. The Labute approximate surface area is 251 Å². The van der Waals surface area contributed by atoms with E-state index in [0.717, 1.165) is 16.3 Å². The van der Waals surface area contributed by atoms with Crippen LogP contribution in [0.1, 0.15) is 25.7 Å². The Hall–Kier alpha value is -1.58. The van der Waals surface area contributed by atoms with Gasteiger partial charge in [0.25, 0.3) is 0 Å². The molecule has 0 N–H and O–H groups in total. The van der Waals surface area contributed by atoms with Crippen LogP contribution in [0, 0.1) is 5.92 Å². The van der Waals surface area contributed by atoms with Gasteiger partial charge in [0.1, 0.15) is 11.3 Å². The molecule has 0 aliphatic rings. The van der Waals surface area contributed by atoms with Gasteiger partial charge in [0.2, 0.25) is 5.89 Å². The minimum absolute atomic E-state index is 0. The van der Waals surface area contributed by atoms with Crippen LogP contribution >= 0.6 is 11.6 Å². The molecule has 0 aliphatic heterocycles. The van der Waals surface area contributed by atoms with Crippen LogP contribution in [-0.4, -0.2) is 23.5 Å². The topological polar surface area (TPSA) is 116 Å². The first-order valence-corrected chi connectivity index (χ1v) is 10.9. The Morgan fingerprint density at radius 2 is 1.63 bits per heavy atom. The average Bonchev–Trinajstić information content (AvgIpc) is 3.20. The first-order valence-electron chi connectivity index (χ1n) is 10.6. The number of rotatable bonds is 10. The molecule has 1 heterocycles. The summed E-state index contributed by atoms with van der Waals surface area (Å²) in [5, 5.41) is 24.1. The SMILES string of the molecule is O=C([O-])C(CCCCCOc1ccc2cc(-c3nc4cc(Cl)ccc4o3)ccc2c1)C(=O)[O-].[Na+].[Na+]. The summed E-state index contributed by atoms with van der Waals surface area (Å²) in [7, 11) is 0. The van der Waals surface area contributed by atoms with Crippen LogP contribution in [0.4, 0.5) is 0 Å². The maximum absolute atomic E-state index is 10.7. The second kappa shape index (κ2) is 13.7. The van der Waals surface area contributed by atoms with E-state index in [1.54, 1.807) is 18.2 Å². The van der Waals surface area contributed by atoms with E-state index in [4.69, 9.17) is 20.8 Å². The van der Waals surface area contributed by atoms with E-state index in [1.165, 1.54) is 0 Å². The predicted molar refractivity (Wildman–Crippen MR) is 119 cm³/mol. The van der Waals surface area contributed by atoms with Crippen molar-refractivity contribution in [2.75, 3.05) is 6.61 Å². The zero-order valence-corrected chi connectivity index (χ0v) is 24.3. The molecule has 0 radical (unpaired) electrons. The van der Waals surface area contributed by atoms with E-state index in [2.05, 4.69) is 4.98 Å². The van der Waals surface area contributed by atoms with Crippen LogP contribution in [0.5, 0.6) is 5.75 Å². The van der Waals surface area contributed by atoms with Crippen LogP contribution in [0.15, 0.2) is 59.0 Å². The van der Waals surface area contributed by atoms with Crippen molar-refractivity contribution in [1.82, 2.24) is 4.98 Å². The summed E-state index contributed by atoms with van der Waals surface area (Å²) < 4.78 is 11.6.